The number of halogens is 2. The van der Waals surface area contributed by atoms with Crippen LogP contribution in [-0.4, -0.2) is 57.6 Å². The molecule has 2 aromatic carbocycles. The third-order valence-electron chi connectivity index (χ3n) is 5.41. The van der Waals surface area contributed by atoms with Gasteiger partial charge in [-0.25, -0.2) is 8.42 Å². The average molecular weight is 545 g/mol. The van der Waals surface area contributed by atoms with Crippen LogP contribution in [0.1, 0.15) is 32.3 Å². The van der Waals surface area contributed by atoms with Gasteiger partial charge in [0.1, 0.15) is 18.3 Å². The lowest BCUT2D eigenvalue weighted by molar-refractivity contribution is -0.139. The van der Waals surface area contributed by atoms with Gasteiger partial charge in [-0.05, 0) is 37.6 Å². The summed E-state index contributed by atoms with van der Waals surface area (Å²) in [5, 5.41) is 3.49. The van der Waals surface area contributed by atoms with Crippen LogP contribution in [0.3, 0.4) is 0 Å². The second-order valence-electron chi connectivity index (χ2n) is 8.01. The normalized spacial score (nSPS) is 12.1. The molecule has 0 aliphatic heterocycles. The summed E-state index contributed by atoms with van der Waals surface area (Å²) in [6.45, 7) is 3.45. The molecule has 2 rings (SSSR count). The Balaban J connectivity index is 2.42. The first-order chi connectivity index (χ1) is 16.5. The Labute approximate surface area is 217 Å². The molecule has 0 aliphatic rings. The second kappa shape index (κ2) is 13.0. The summed E-state index contributed by atoms with van der Waals surface area (Å²) in [4.78, 5) is 27.7. The predicted octanol–water partition coefficient (Wildman–Crippen LogP) is 4.10. The Morgan fingerprint density at radius 1 is 1.11 bits per heavy atom. The Morgan fingerprint density at radius 3 is 2.31 bits per heavy atom. The van der Waals surface area contributed by atoms with Gasteiger partial charge in [-0.2, -0.15) is 0 Å². The minimum atomic E-state index is -3.85. The van der Waals surface area contributed by atoms with Crippen LogP contribution in [0.5, 0.6) is 5.75 Å². The number of carbonyl (C=O) groups is 2. The number of anilines is 1. The van der Waals surface area contributed by atoms with Gasteiger partial charge in [0, 0.05) is 34.8 Å². The fourth-order valence-corrected chi connectivity index (χ4v) is 4.71. The summed E-state index contributed by atoms with van der Waals surface area (Å²) in [5.74, 6) is -0.512. The first-order valence-corrected chi connectivity index (χ1v) is 13.7. The summed E-state index contributed by atoms with van der Waals surface area (Å²) >= 11 is 12.7. The third kappa shape index (κ3) is 8.02. The molecule has 0 unspecified atom stereocenters. The van der Waals surface area contributed by atoms with Gasteiger partial charge in [0.05, 0.1) is 19.1 Å². The van der Waals surface area contributed by atoms with E-state index in [9.17, 15) is 18.0 Å². The number of benzene rings is 2. The van der Waals surface area contributed by atoms with E-state index >= 15 is 0 Å². The number of hydrogen-bond donors (Lipinski definition) is 1. The zero-order chi connectivity index (χ0) is 26.2. The number of nitrogens with one attached hydrogen (secondary N) is 1. The van der Waals surface area contributed by atoms with Gasteiger partial charge in [-0.3, -0.25) is 13.9 Å². The predicted molar refractivity (Wildman–Crippen MR) is 140 cm³/mol. The SMILES string of the molecule is CCCCNC(=O)[C@H](C)N(Cc1c(Cl)cccc1Cl)C(=O)CN(c1cccc(OC)c1)S(C)(=O)=O. The van der Waals surface area contributed by atoms with E-state index in [-0.39, 0.29) is 18.1 Å². The van der Waals surface area contributed by atoms with Crippen LogP contribution < -0.4 is 14.4 Å². The summed E-state index contributed by atoms with van der Waals surface area (Å²) in [6.07, 6.45) is 2.70. The molecule has 2 amide bonds. The number of nitrogens with zero attached hydrogens (tertiary/aromatic N) is 2. The van der Waals surface area contributed by atoms with Crippen molar-refractivity contribution in [3.8, 4) is 5.75 Å². The number of unbranched alkanes of at least 4 members (excludes halogenated alkanes) is 1. The van der Waals surface area contributed by atoms with Crippen molar-refractivity contribution in [3.63, 3.8) is 0 Å². The molecule has 192 valence electrons. The van der Waals surface area contributed by atoms with E-state index in [1.54, 1.807) is 43.3 Å². The first kappa shape index (κ1) is 28.7. The Kier molecular flexibility index (Phi) is 10.7. The van der Waals surface area contributed by atoms with Crippen LogP contribution in [0.2, 0.25) is 10.0 Å². The van der Waals surface area contributed by atoms with Crippen molar-refractivity contribution in [1.29, 1.82) is 0 Å². The fourth-order valence-electron chi connectivity index (χ4n) is 3.35. The highest BCUT2D eigenvalue weighted by Crippen LogP contribution is 2.28. The van der Waals surface area contributed by atoms with E-state index in [0.29, 0.717) is 27.9 Å². The van der Waals surface area contributed by atoms with Crippen molar-refractivity contribution in [2.24, 2.45) is 0 Å². The molecule has 0 fully saturated rings. The van der Waals surface area contributed by atoms with Gasteiger partial charge in [0.25, 0.3) is 0 Å². The van der Waals surface area contributed by atoms with Crippen molar-refractivity contribution in [2.45, 2.75) is 39.3 Å². The van der Waals surface area contributed by atoms with Crippen LogP contribution in [0.15, 0.2) is 42.5 Å². The average Bonchev–Trinajstić information content (AvgIpc) is 2.81. The molecule has 0 saturated heterocycles. The highest BCUT2D eigenvalue weighted by molar-refractivity contribution is 7.92. The molecule has 1 N–H and O–H groups in total. The van der Waals surface area contributed by atoms with Crippen molar-refractivity contribution in [2.75, 3.05) is 30.8 Å². The molecule has 11 heteroatoms. The van der Waals surface area contributed by atoms with Crippen molar-refractivity contribution < 1.29 is 22.7 Å². The molecular weight excluding hydrogens is 513 g/mol. The van der Waals surface area contributed by atoms with Crippen LogP contribution in [0.25, 0.3) is 0 Å². The van der Waals surface area contributed by atoms with E-state index in [1.807, 2.05) is 6.92 Å². The topological polar surface area (TPSA) is 96.0 Å². The van der Waals surface area contributed by atoms with Crippen molar-refractivity contribution in [3.05, 3.63) is 58.1 Å². The molecule has 1 atom stereocenters. The van der Waals surface area contributed by atoms with Crippen LogP contribution >= 0.6 is 23.2 Å². The third-order valence-corrected chi connectivity index (χ3v) is 7.26. The molecule has 0 saturated carbocycles. The number of hydrogen-bond acceptors (Lipinski definition) is 5. The molecule has 2 aromatic rings. The number of rotatable bonds is 12. The molecule has 0 bridgehead atoms. The lowest BCUT2D eigenvalue weighted by atomic mass is 10.1. The maximum absolute atomic E-state index is 13.6. The van der Waals surface area contributed by atoms with Gasteiger partial charge >= 0.3 is 0 Å². The van der Waals surface area contributed by atoms with Crippen LogP contribution in [0.4, 0.5) is 5.69 Å². The molecular formula is C24H31Cl2N3O5S. The molecule has 35 heavy (non-hydrogen) atoms. The number of methoxy groups -OCH3 is 1. The van der Waals surface area contributed by atoms with Gasteiger partial charge in [0.15, 0.2) is 0 Å². The maximum Gasteiger partial charge on any atom is 0.244 e. The quantitative estimate of drug-likeness (QED) is 0.406. The monoisotopic (exact) mass is 543 g/mol. The number of sulfonamides is 1. The number of carbonyl (C=O) groups excluding carboxylic acids is 2. The molecule has 8 nitrogen and oxygen atoms in total. The van der Waals surface area contributed by atoms with E-state index in [4.69, 9.17) is 27.9 Å². The van der Waals surface area contributed by atoms with E-state index < -0.39 is 28.5 Å². The zero-order valence-electron chi connectivity index (χ0n) is 20.3. The lowest BCUT2D eigenvalue weighted by Crippen LogP contribution is -2.51. The summed E-state index contributed by atoms with van der Waals surface area (Å²) < 4.78 is 31.4. The summed E-state index contributed by atoms with van der Waals surface area (Å²) in [6, 6.07) is 10.4. The second-order valence-corrected chi connectivity index (χ2v) is 10.7. The Morgan fingerprint density at radius 2 is 1.74 bits per heavy atom. The van der Waals surface area contributed by atoms with E-state index in [2.05, 4.69) is 5.32 Å². The summed E-state index contributed by atoms with van der Waals surface area (Å²) in [5.41, 5.74) is 0.723. The van der Waals surface area contributed by atoms with E-state index in [0.717, 1.165) is 23.4 Å². The highest BCUT2D eigenvalue weighted by atomic mass is 35.5. The number of amides is 2. The maximum atomic E-state index is 13.6. The van der Waals surface area contributed by atoms with E-state index in [1.165, 1.54) is 18.1 Å². The zero-order valence-corrected chi connectivity index (χ0v) is 22.6. The fraction of sp³-hybridized carbons (Fsp3) is 0.417. The Bertz CT molecular complexity index is 1120. The minimum Gasteiger partial charge on any atom is -0.497 e. The van der Waals surface area contributed by atoms with Gasteiger partial charge in [0.2, 0.25) is 21.8 Å². The van der Waals surface area contributed by atoms with Gasteiger partial charge in [-0.1, -0.05) is 48.7 Å². The molecule has 0 aromatic heterocycles. The van der Waals surface area contributed by atoms with Crippen molar-refractivity contribution >= 4 is 50.7 Å². The summed E-state index contributed by atoms with van der Waals surface area (Å²) in [7, 11) is -2.39. The Hall–Kier alpha value is -2.49. The number of ether oxygens (including phenoxy) is 1. The van der Waals surface area contributed by atoms with Crippen LogP contribution in [-0.2, 0) is 26.2 Å². The molecule has 0 spiro atoms. The van der Waals surface area contributed by atoms with Crippen LogP contribution in [0, 0.1) is 0 Å². The standard InChI is InChI=1S/C24H31Cl2N3O5S/c1-5-6-13-27-24(31)17(2)28(15-20-21(25)11-8-12-22(20)26)23(30)16-29(35(4,32)33)18-9-7-10-19(14-18)34-3/h7-12,14,17H,5-6,13,15-16H2,1-4H3,(H,27,31)/t17-/m0/s1. The minimum absolute atomic E-state index is 0.0740. The van der Waals surface area contributed by atoms with Gasteiger partial charge < -0.3 is 15.0 Å². The highest BCUT2D eigenvalue weighted by Gasteiger charge is 2.31. The smallest absolute Gasteiger partial charge is 0.244 e. The largest absolute Gasteiger partial charge is 0.497 e. The first-order valence-electron chi connectivity index (χ1n) is 11.1. The molecule has 0 heterocycles. The van der Waals surface area contributed by atoms with Gasteiger partial charge in [-0.15, -0.1) is 0 Å². The molecule has 0 aliphatic carbocycles. The van der Waals surface area contributed by atoms with Crippen molar-refractivity contribution in [1.82, 2.24) is 10.2 Å². The lowest BCUT2D eigenvalue weighted by Gasteiger charge is -2.32. The molecule has 0 radical (unpaired) electrons.